The lowest BCUT2D eigenvalue weighted by atomic mass is 10.1. The highest BCUT2D eigenvalue weighted by Gasteiger charge is 2.12. The first kappa shape index (κ1) is 21.6. The van der Waals surface area contributed by atoms with Crippen LogP contribution < -0.4 is 15.4 Å². The molecule has 30 heavy (non-hydrogen) atoms. The topological polar surface area (TPSA) is 67.4 Å². The molecule has 2 N–H and O–H groups in total. The number of hydrogen-bond donors (Lipinski definition) is 2. The second-order valence-corrected chi connectivity index (χ2v) is 7.97. The molecule has 0 aliphatic rings. The Balaban J connectivity index is 1.64. The molecule has 6 heteroatoms. The van der Waals surface area contributed by atoms with E-state index < -0.39 is 0 Å². The molecule has 3 rings (SSSR count). The highest BCUT2D eigenvalue weighted by Crippen LogP contribution is 2.27. The molecule has 0 atom stereocenters. The van der Waals surface area contributed by atoms with Crippen LogP contribution >= 0.6 is 15.9 Å². The van der Waals surface area contributed by atoms with Gasteiger partial charge in [0.2, 0.25) is 0 Å². The third-order valence-electron chi connectivity index (χ3n) is 4.35. The van der Waals surface area contributed by atoms with Gasteiger partial charge in [-0.25, -0.2) is 0 Å². The van der Waals surface area contributed by atoms with Gasteiger partial charge in [-0.05, 0) is 90.8 Å². The number of rotatable bonds is 6. The van der Waals surface area contributed by atoms with Gasteiger partial charge in [-0.15, -0.1) is 0 Å². The molecule has 0 bridgehead atoms. The summed E-state index contributed by atoms with van der Waals surface area (Å²) in [4.78, 5) is 25.0. The minimum Gasteiger partial charge on any atom is -0.490 e. The van der Waals surface area contributed by atoms with Crippen molar-refractivity contribution in [3.63, 3.8) is 0 Å². The number of hydrogen-bond acceptors (Lipinski definition) is 3. The van der Waals surface area contributed by atoms with Crippen molar-refractivity contribution < 1.29 is 14.3 Å². The van der Waals surface area contributed by atoms with E-state index >= 15 is 0 Å². The van der Waals surface area contributed by atoms with Crippen molar-refractivity contribution in [2.24, 2.45) is 0 Å². The zero-order valence-electron chi connectivity index (χ0n) is 17.0. The van der Waals surface area contributed by atoms with Crippen LogP contribution in [0.5, 0.6) is 5.75 Å². The third-order valence-corrected chi connectivity index (χ3v) is 4.97. The first-order valence-corrected chi connectivity index (χ1v) is 10.4. The number of benzene rings is 3. The van der Waals surface area contributed by atoms with Gasteiger partial charge in [0.15, 0.2) is 0 Å². The molecule has 2 amide bonds. The molecule has 0 radical (unpaired) electrons. The van der Waals surface area contributed by atoms with E-state index in [9.17, 15) is 9.59 Å². The summed E-state index contributed by atoms with van der Waals surface area (Å²) in [5.41, 5.74) is 3.34. The van der Waals surface area contributed by atoms with E-state index in [1.807, 2.05) is 39.0 Å². The van der Waals surface area contributed by atoms with Crippen molar-refractivity contribution in [3.05, 3.63) is 87.9 Å². The molecule has 3 aromatic carbocycles. The molecule has 0 aliphatic heterocycles. The second-order valence-electron chi connectivity index (χ2n) is 7.11. The van der Waals surface area contributed by atoms with E-state index in [0.717, 1.165) is 10.0 Å². The Labute approximate surface area is 184 Å². The number of carbonyl (C=O) groups excluding carboxylic acids is 2. The number of nitrogens with one attached hydrogen (secondary N) is 2. The predicted molar refractivity (Wildman–Crippen MR) is 123 cm³/mol. The van der Waals surface area contributed by atoms with Gasteiger partial charge >= 0.3 is 0 Å². The molecule has 0 spiro atoms. The Morgan fingerprint density at radius 1 is 0.867 bits per heavy atom. The van der Waals surface area contributed by atoms with Crippen LogP contribution in [0.15, 0.2) is 71.2 Å². The monoisotopic (exact) mass is 466 g/mol. The van der Waals surface area contributed by atoms with Crippen molar-refractivity contribution in [1.82, 2.24) is 0 Å². The Bertz CT molecular complexity index is 1060. The third kappa shape index (κ3) is 5.48. The normalized spacial score (nSPS) is 10.6. The lowest BCUT2D eigenvalue weighted by molar-refractivity contribution is 0.101. The van der Waals surface area contributed by atoms with E-state index in [1.54, 1.807) is 48.5 Å². The first-order valence-electron chi connectivity index (χ1n) is 9.58. The summed E-state index contributed by atoms with van der Waals surface area (Å²) >= 11 is 3.44. The van der Waals surface area contributed by atoms with Gasteiger partial charge in [0.25, 0.3) is 11.8 Å². The maximum atomic E-state index is 12.5. The van der Waals surface area contributed by atoms with Crippen LogP contribution in [0.2, 0.25) is 0 Å². The fraction of sp³-hybridized carbons (Fsp3) is 0.167. The van der Waals surface area contributed by atoms with Crippen molar-refractivity contribution in [1.29, 1.82) is 0 Å². The Hall–Kier alpha value is -3.12. The summed E-state index contributed by atoms with van der Waals surface area (Å²) < 4.78 is 6.39. The summed E-state index contributed by atoms with van der Waals surface area (Å²) in [6.07, 6.45) is 0.0470. The van der Waals surface area contributed by atoms with Crippen LogP contribution in [0.25, 0.3) is 0 Å². The Kier molecular flexibility index (Phi) is 6.90. The lowest BCUT2D eigenvalue weighted by Crippen LogP contribution is -2.14. The summed E-state index contributed by atoms with van der Waals surface area (Å²) in [6.45, 7) is 5.79. The molecule has 0 aromatic heterocycles. The largest absolute Gasteiger partial charge is 0.490 e. The van der Waals surface area contributed by atoms with Crippen molar-refractivity contribution >= 4 is 39.1 Å². The second kappa shape index (κ2) is 9.59. The van der Waals surface area contributed by atoms with Crippen LogP contribution in [0.4, 0.5) is 11.4 Å². The number of carbonyl (C=O) groups is 2. The van der Waals surface area contributed by atoms with Crippen LogP contribution in [-0.4, -0.2) is 17.9 Å². The van der Waals surface area contributed by atoms with E-state index in [-0.39, 0.29) is 17.9 Å². The Morgan fingerprint density at radius 3 is 2.03 bits per heavy atom. The van der Waals surface area contributed by atoms with Gasteiger partial charge < -0.3 is 15.4 Å². The number of aryl methyl sites for hydroxylation is 1. The smallest absolute Gasteiger partial charge is 0.255 e. The van der Waals surface area contributed by atoms with E-state index in [4.69, 9.17) is 4.74 Å². The Morgan fingerprint density at radius 2 is 1.47 bits per heavy atom. The molecular formula is C24H23BrN2O3. The molecule has 0 saturated carbocycles. The highest BCUT2D eigenvalue weighted by atomic mass is 79.9. The fourth-order valence-corrected chi connectivity index (χ4v) is 3.33. The molecule has 3 aromatic rings. The number of ether oxygens (including phenoxy) is 1. The summed E-state index contributed by atoms with van der Waals surface area (Å²) in [5.74, 6) is 0.289. The average molecular weight is 467 g/mol. The van der Waals surface area contributed by atoms with Crippen molar-refractivity contribution in [2.75, 3.05) is 10.6 Å². The molecule has 0 aliphatic carbocycles. The first-order chi connectivity index (χ1) is 14.3. The maximum absolute atomic E-state index is 12.5. The summed E-state index contributed by atoms with van der Waals surface area (Å²) in [5, 5.41) is 5.72. The minimum absolute atomic E-state index is 0.0470. The molecule has 0 saturated heterocycles. The molecule has 5 nitrogen and oxygen atoms in total. The zero-order chi connectivity index (χ0) is 21.7. The van der Waals surface area contributed by atoms with Crippen molar-refractivity contribution in [3.8, 4) is 5.75 Å². The van der Waals surface area contributed by atoms with Gasteiger partial charge in [0, 0.05) is 22.5 Å². The van der Waals surface area contributed by atoms with Gasteiger partial charge in [0.05, 0.1) is 10.6 Å². The zero-order valence-corrected chi connectivity index (χ0v) is 18.6. The minimum atomic E-state index is -0.233. The van der Waals surface area contributed by atoms with Gasteiger partial charge in [0.1, 0.15) is 5.75 Å². The summed E-state index contributed by atoms with van der Waals surface area (Å²) in [6, 6.07) is 19.6. The molecular weight excluding hydrogens is 444 g/mol. The lowest BCUT2D eigenvalue weighted by Gasteiger charge is -2.13. The fourth-order valence-electron chi connectivity index (χ4n) is 2.86. The van der Waals surface area contributed by atoms with Crippen LogP contribution in [0.1, 0.15) is 40.1 Å². The van der Waals surface area contributed by atoms with Crippen LogP contribution in [-0.2, 0) is 0 Å². The average Bonchev–Trinajstić information content (AvgIpc) is 2.71. The highest BCUT2D eigenvalue weighted by molar-refractivity contribution is 9.10. The van der Waals surface area contributed by atoms with Gasteiger partial charge in [-0.3, -0.25) is 9.59 Å². The molecule has 0 unspecified atom stereocenters. The quantitative estimate of drug-likeness (QED) is 0.464. The number of amides is 2. The maximum Gasteiger partial charge on any atom is 0.255 e. The molecule has 0 heterocycles. The van der Waals surface area contributed by atoms with Gasteiger partial charge in [-0.2, -0.15) is 0 Å². The number of halogens is 1. The SMILES string of the molecule is Cc1ccccc1C(=O)Nc1ccc(NC(=O)c2ccc(OC(C)C)c(Br)c2)cc1. The standard InChI is InChI=1S/C24H23BrN2O3/c1-15(2)30-22-13-8-17(14-21(22)25)23(28)26-18-9-11-19(12-10-18)27-24(29)20-7-5-4-6-16(20)3/h4-15H,1-3H3,(H,26,28)(H,27,29). The van der Waals surface area contributed by atoms with E-state index in [0.29, 0.717) is 28.3 Å². The van der Waals surface area contributed by atoms with Crippen LogP contribution in [0, 0.1) is 6.92 Å². The van der Waals surface area contributed by atoms with E-state index in [2.05, 4.69) is 26.6 Å². The molecule has 0 fully saturated rings. The molecule has 154 valence electrons. The predicted octanol–water partition coefficient (Wildman–Crippen LogP) is 6.05. The van der Waals surface area contributed by atoms with Gasteiger partial charge in [-0.1, -0.05) is 18.2 Å². The van der Waals surface area contributed by atoms with E-state index in [1.165, 1.54) is 0 Å². The summed E-state index contributed by atoms with van der Waals surface area (Å²) in [7, 11) is 0. The number of anilines is 2. The van der Waals surface area contributed by atoms with Crippen LogP contribution in [0.3, 0.4) is 0 Å². The van der Waals surface area contributed by atoms with Crippen molar-refractivity contribution in [2.45, 2.75) is 26.9 Å².